The second-order valence-corrected chi connectivity index (χ2v) is 8.22. The van der Waals surface area contributed by atoms with Gasteiger partial charge in [-0.2, -0.15) is 0 Å². The number of nitrogens with one attached hydrogen (secondary N) is 2. The number of nitrogens with zero attached hydrogens (tertiary/aromatic N) is 1. The Kier molecular flexibility index (Phi) is 7.15. The Morgan fingerprint density at radius 1 is 1.26 bits per heavy atom. The smallest absolute Gasteiger partial charge is 0.315 e. The van der Waals surface area contributed by atoms with Crippen molar-refractivity contribution in [3.05, 3.63) is 0 Å². The third-order valence-electron chi connectivity index (χ3n) is 5.34. The molecule has 2 aliphatic rings. The zero-order valence-electron chi connectivity index (χ0n) is 14.9. The van der Waals surface area contributed by atoms with E-state index in [0.29, 0.717) is 12.6 Å². The number of hydrogen-bond donors (Lipinski definition) is 3. The van der Waals surface area contributed by atoms with E-state index < -0.39 is 0 Å². The van der Waals surface area contributed by atoms with Crippen molar-refractivity contribution in [3.63, 3.8) is 0 Å². The van der Waals surface area contributed by atoms with Gasteiger partial charge in [-0.25, -0.2) is 4.79 Å². The summed E-state index contributed by atoms with van der Waals surface area (Å²) in [5.41, 5.74) is -0.0512. The van der Waals surface area contributed by atoms with E-state index in [0.717, 1.165) is 38.3 Å². The molecule has 1 aliphatic carbocycles. The maximum atomic E-state index is 12.0. The quantitative estimate of drug-likeness (QED) is 0.600. The fraction of sp³-hybridized carbons (Fsp3) is 0.944. The van der Waals surface area contributed by atoms with Crippen molar-refractivity contribution in [2.45, 2.75) is 64.8 Å². The van der Waals surface area contributed by atoms with Crippen molar-refractivity contribution in [2.75, 3.05) is 32.8 Å². The summed E-state index contributed by atoms with van der Waals surface area (Å²) in [6, 6.07) is 0.254. The third-order valence-corrected chi connectivity index (χ3v) is 5.34. The molecule has 0 aromatic carbocycles. The molecule has 23 heavy (non-hydrogen) atoms. The van der Waals surface area contributed by atoms with Crippen LogP contribution in [0.25, 0.3) is 0 Å². The Balaban J connectivity index is 1.55. The molecule has 0 aromatic rings. The van der Waals surface area contributed by atoms with Gasteiger partial charge < -0.3 is 20.6 Å². The molecule has 5 heteroatoms. The number of rotatable bonds is 8. The van der Waals surface area contributed by atoms with E-state index in [1.54, 1.807) is 0 Å². The van der Waals surface area contributed by atoms with Gasteiger partial charge in [-0.05, 0) is 43.4 Å². The first-order valence-corrected chi connectivity index (χ1v) is 9.36. The lowest BCUT2D eigenvalue weighted by Crippen LogP contribution is -2.44. The molecular weight excluding hydrogens is 290 g/mol. The number of urea groups is 1. The zero-order valence-corrected chi connectivity index (χ0v) is 14.9. The minimum Gasteiger partial charge on any atom is -0.396 e. The van der Waals surface area contributed by atoms with Crippen molar-refractivity contribution < 1.29 is 9.90 Å². The molecule has 5 nitrogen and oxygen atoms in total. The number of amides is 2. The van der Waals surface area contributed by atoms with Gasteiger partial charge in [0.2, 0.25) is 0 Å². The van der Waals surface area contributed by atoms with E-state index in [9.17, 15) is 9.90 Å². The van der Waals surface area contributed by atoms with Gasteiger partial charge in [-0.3, -0.25) is 0 Å². The summed E-state index contributed by atoms with van der Waals surface area (Å²) in [6.45, 7) is 8.30. The molecule has 1 heterocycles. The van der Waals surface area contributed by atoms with Crippen LogP contribution >= 0.6 is 0 Å². The molecule has 0 bridgehead atoms. The maximum absolute atomic E-state index is 12.0. The molecule has 1 saturated carbocycles. The number of carbonyl (C=O) groups is 1. The average Bonchev–Trinajstić information content (AvgIpc) is 3.16. The second kappa shape index (κ2) is 8.88. The molecule has 1 saturated heterocycles. The van der Waals surface area contributed by atoms with Crippen LogP contribution in [-0.2, 0) is 0 Å². The van der Waals surface area contributed by atoms with Crippen LogP contribution in [0.1, 0.15) is 58.8 Å². The lowest BCUT2D eigenvalue weighted by atomic mass is 9.89. The van der Waals surface area contributed by atoms with Crippen molar-refractivity contribution in [1.29, 1.82) is 0 Å². The highest BCUT2D eigenvalue weighted by molar-refractivity contribution is 5.74. The molecule has 3 N–H and O–H groups in total. The van der Waals surface area contributed by atoms with Gasteiger partial charge in [-0.15, -0.1) is 0 Å². The Morgan fingerprint density at radius 2 is 2.00 bits per heavy atom. The monoisotopic (exact) mass is 325 g/mol. The molecule has 0 spiro atoms. The van der Waals surface area contributed by atoms with E-state index in [2.05, 4.69) is 15.5 Å². The third kappa shape index (κ3) is 6.68. The van der Waals surface area contributed by atoms with Crippen LogP contribution in [0.2, 0.25) is 0 Å². The van der Waals surface area contributed by atoms with Crippen LogP contribution in [0.5, 0.6) is 0 Å². The van der Waals surface area contributed by atoms with E-state index in [4.69, 9.17) is 0 Å². The van der Waals surface area contributed by atoms with Crippen molar-refractivity contribution in [2.24, 2.45) is 11.3 Å². The van der Waals surface area contributed by atoms with Gasteiger partial charge >= 0.3 is 6.03 Å². The Morgan fingerprint density at radius 3 is 2.70 bits per heavy atom. The topological polar surface area (TPSA) is 64.6 Å². The van der Waals surface area contributed by atoms with Crippen molar-refractivity contribution >= 4 is 6.03 Å². The first-order chi connectivity index (χ1) is 11.0. The van der Waals surface area contributed by atoms with Crippen LogP contribution < -0.4 is 10.6 Å². The molecule has 134 valence electrons. The molecule has 0 radical (unpaired) electrons. The first kappa shape index (κ1) is 18.5. The van der Waals surface area contributed by atoms with Crippen LogP contribution in [0.3, 0.4) is 0 Å². The summed E-state index contributed by atoms with van der Waals surface area (Å²) in [6.07, 6.45) is 8.46. The summed E-state index contributed by atoms with van der Waals surface area (Å²) < 4.78 is 0. The van der Waals surface area contributed by atoms with Crippen LogP contribution in [0.15, 0.2) is 0 Å². The lowest BCUT2D eigenvalue weighted by molar-refractivity contribution is 0.148. The van der Waals surface area contributed by atoms with Crippen LogP contribution in [-0.4, -0.2) is 54.9 Å². The molecule has 0 aromatic heterocycles. The highest BCUT2D eigenvalue weighted by Gasteiger charge is 2.26. The van der Waals surface area contributed by atoms with Crippen LogP contribution in [0.4, 0.5) is 4.79 Å². The van der Waals surface area contributed by atoms with E-state index >= 15 is 0 Å². The number of aliphatic hydroxyl groups is 1. The fourth-order valence-electron chi connectivity index (χ4n) is 3.76. The summed E-state index contributed by atoms with van der Waals surface area (Å²) in [5, 5.41) is 15.3. The molecule has 2 fully saturated rings. The number of aliphatic hydroxyl groups excluding tert-OH is 1. The summed E-state index contributed by atoms with van der Waals surface area (Å²) in [5.74, 6) is 0.887. The summed E-state index contributed by atoms with van der Waals surface area (Å²) >= 11 is 0. The largest absolute Gasteiger partial charge is 0.396 e. The summed E-state index contributed by atoms with van der Waals surface area (Å²) in [4.78, 5) is 14.5. The summed E-state index contributed by atoms with van der Waals surface area (Å²) in [7, 11) is 0. The first-order valence-electron chi connectivity index (χ1n) is 9.36. The molecule has 2 amide bonds. The molecule has 1 aliphatic heterocycles. The van der Waals surface area contributed by atoms with E-state index in [-0.39, 0.29) is 18.1 Å². The highest BCUT2D eigenvalue weighted by atomic mass is 16.3. The Hall–Kier alpha value is -0.810. The average molecular weight is 325 g/mol. The molecule has 1 atom stereocenters. The normalized spacial score (nSPS) is 23.3. The van der Waals surface area contributed by atoms with Gasteiger partial charge in [0.05, 0.1) is 0 Å². The molecular formula is C18H35N3O2. The number of likely N-dealkylation sites (tertiary alicyclic amines) is 1. The van der Waals surface area contributed by atoms with E-state index in [1.165, 1.54) is 32.2 Å². The highest BCUT2D eigenvalue weighted by Crippen LogP contribution is 2.26. The van der Waals surface area contributed by atoms with Crippen molar-refractivity contribution in [3.8, 4) is 0 Å². The van der Waals surface area contributed by atoms with Gasteiger partial charge in [-0.1, -0.05) is 26.7 Å². The SMILES string of the molecule is CC(C)(CO)CCCNC(=O)NC1CCN(CC2CCCC2)C1. The van der Waals surface area contributed by atoms with Gasteiger partial charge in [0.25, 0.3) is 0 Å². The Bertz CT molecular complexity index is 367. The van der Waals surface area contributed by atoms with E-state index in [1.807, 2.05) is 13.8 Å². The second-order valence-electron chi connectivity index (χ2n) is 8.22. The number of hydrogen-bond acceptors (Lipinski definition) is 3. The fourth-order valence-corrected chi connectivity index (χ4v) is 3.76. The predicted molar refractivity (Wildman–Crippen MR) is 93.4 cm³/mol. The minimum absolute atomic E-state index is 0.0421. The predicted octanol–water partition coefficient (Wildman–Crippen LogP) is 2.35. The van der Waals surface area contributed by atoms with Crippen molar-refractivity contribution in [1.82, 2.24) is 15.5 Å². The maximum Gasteiger partial charge on any atom is 0.315 e. The standard InChI is InChI=1S/C18H35N3O2/c1-18(2,14-22)9-5-10-19-17(23)20-16-8-11-21(13-16)12-15-6-3-4-7-15/h15-16,22H,3-14H2,1-2H3,(H2,19,20,23). The Labute approximate surface area is 141 Å². The minimum atomic E-state index is -0.0512. The number of carbonyl (C=O) groups excluding carboxylic acids is 1. The zero-order chi connectivity index (χ0) is 16.7. The molecule has 1 unspecified atom stereocenters. The van der Waals surface area contributed by atoms with Gasteiger partial charge in [0, 0.05) is 38.8 Å². The van der Waals surface area contributed by atoms with Gasteiger partial charge in [0.1, 0.15) is 0 Å². The lowest BCUT2D eigenvalue weighted by Gasteiger charge is -2.22. The van der Waals surface area contributed by atoms with Crippen LogP contribution in [0, 0.1) is 11.3 Å². The molecule has 2 rings (SSSR count). The van der Waals surface area contributed by atoms with Gasteiger partial charge in [0.15, 0.2) is 0 Å².